The molecular weight excluding hydrogens is 346 g/mol. The van der Waals surface area contributed by atoms with Gasteiger partial charge in [-0.05, 0) is 59.7 Å². The summed E-state index contributed by atoms with van der Waals surface area (Å²) in [4.78, 5) is 17.1. The highest BCUT2D eigenvalue weighted by atomic mass is 19.1. The lowest BCUT2D eigenvalue weighted by Gasteiger charge is -2.37. The minimum Gasteiger partial charge on any atom is -0.399 e. The number of rotatable bonds is 3. The summed E-state index contributed by atoms with van der Waals surface area (Å²) in [5.41, 5.74) is -0.367. The van der Waals surface area contributed by atoms with Crippen molar-refractivity contribution in [2.24, 2.45) is 0 Å². The van der Waals surface area contributed by atoms with Gasteiger partial charge >= 0.3 is 7.12 Å². The highest BCUT2D eigenvalue weighted by Gasteiger charge is 2.52. The van der Waals surface area contributed by atoms with Crippen LogP contribution in [0, 0.1) is 5.82 Å². The van der Waals surface area contributed by atoms with Crippen LogP contribution in [0.1, 0.15) is 51.9 Å². The molecule has 0 bridgehead atoms. The molecule has 5 nitrogen and oxygen atoms in total. The molecule has 1 aromatic rings. The van der Waals surface area contributed by atoms with Crippen molar-refractivity contribution in [1.29, 1.82) is 0 Å². The lowest BCUT2D eigenvalue weighted by Crippen LogP contribution is -2.50. The van der Waals surface area contributed by atoms with Crippen LogP contribution in [0.25, 0.3) is 0 Å². The van der Waals surface area contributed by atoms with E-state index < -0.39 is 24.1 Å². The largest absolute Gasteiger partial charge is 0.497 e. The first-order valence-electron chi connectivity index (χ1n) is 9.70. The van der Waals surface area contributed by atoms with E-state index in [4.69, 9.17) is 9.31 Å². The van der Waals surface area contributed by atoms with E-state index in [2.05, 4.69) is 18.7 Å². The van der Waals surface area contributed by atoms with Gasteiger partial charge in [0, 0.05) is 43.2 Å². The van der Waals surface area contributed by atoms with Gasteiger partial charge in [-0.25, -0.2) is 4.39 Å². The fourth-order valence-corrected chi connectivity index (χ4v) is 3.45. The molecule has 2 saturated heterocycles. The number of hydrogen-bond acceptors (Lipinski definition) is 4. The average Bonchev–Trinajstić information content (AvgIpc) is 2.82. The SMILES string of the molecule is CC(C)N1CCN(C(=O)c2ccc(F)c(B3OC(C)(C)C(C)(C)O3)c2)CC1. The highest BCUT2D eigenvalue weighted by molar-refractivity contribution is 6.62. The molecule has 2 fully saturated rings. The third-order valence-corrected chi connectivity index (χ3v) is 6.08. The number of carbonyl (C=O) groups excluding carboxylic acids is 1. The molecule has 0 aliphatic carbocycles. The van der Waals surface area contributed by atoms with Crippen molar-refractivity contribution < 1.29 is 18.5 Å². The van der Waals surface area contributed by atoms with Gasteiger partial charge in [-0.15, -0.1) is 0 Å². The van der Waals surface area contributed by atoms with E-state index in [-0.39, 0.29) is 11.4 Å². The van der Waals surface area contributed by atoms with Crippen LogP contribution in [-0.2, 0) is 9.31 Å². The predicted molar refractivity (Wildman–Crippen MR) is 105 cm³/mol. The van der Waals surface area contributed by atoms with Crippen LogP contribution in [0.4, 0.5) is 4.39 Å². The fraction of sp³-hybridized carbons (Fsp3) is 0.650. The zero-order valence-electron chi connectivity index (χ0n) is 17.2. The summed E-state index contributed by atoms with van der Waals surface area (Å²) in [5.74, 6) is -0.495. The molecule has 1 aromatic carbocycles. The molecule has 3 rings (SSSR count). The summed E-state index contributed by atoms with van der Waals surface area (Å²) >= 11 is 0. The van der Waals surface area contributed by atoms with E-state index in [0.717, 1.165) is 13.1 Å². The molecule has 0 N–H and O–H groups in total. The predicted octanol–water partition coefficient (Wildman–Crippen LogP) is 2.29. The van der Waals surface area contributed by atoms with Crippen LogP contribution in [0.3, 0.4) is 0 Å². The van der Waals surface area contributed by atoms with Crippen molar-refractivity contribution in [2.75, 3.05) is 26.2 Å². The molecule has 0 aromatic heterocycles. The van der Waals surface area contributed by atoms with E-state index in [1.807, 2.05) is 32.6 Å². The maximum absolute atomic E-state index is 14.5. The standard InChI is InChI=1S/C20H30BFN2O3/c1-14(2)23-9-11-24(12-10-23)18(25)15-7-8-17(22)16(13-15)21-26-19(3,4)20(5,6)27-21/h7-8,13-14H,9-12H2,1-6H3. The number of benzene rings is 1. The van der Waals surface area contributed by atoms with Crippen molar-refractivity contribution in [1.82, 2.24) is 9.80 Å². The Bertz CT molecular complexity index is 699. The van der Waals surface area contributed by atoms with Gasteiger partial charge in [0.05, 0.1) is 11.2 Å². The number of carbonyl (C=O) groups is 1. The quantitative estimate of drug-likeness (QED) is 0.760. The van der Waals surface area contributed by atoms with E-state index in [1.165, 1.54) is 6.07 Å². The van der Waals surface area contributed by atoms with Gasteiger partial charge in [-0.3, -0.25) is 9.69 Å². The maximum atomic E-state index is 14.5. The van der Waals surface area contributed by atoms with Crippen molar-refractivity contribution in [3.63, 3.8) is 0 Å². The number of nitrogens with zero attached hydrogens (tertiary/aromatic N) is 2. The summed E-state index contributed by atoms with van der Waals surface area (Å²) in [7, 11) is -0.819. The van der Waals surface area contributed by atoms with Gasteiger partial charge in [0.1, 0.15) is 5.82 Å². The third-order valence-electron chi connectivity index (χ3n) is 6.08. The number of halogens is 1. The highest BCUT2D eigenvalue weighted by Crippen LogP contribution is 2.36. The van der Waals surface area contributed by atoms with Gasteiger partial charge in [0.2, 0.25) is 0 Å². The molecule has 2 heterocycles. The Morgan fingerprint density at radius 1 is 1.07 bits per heavy atom. The van der Waals surface area contributed by atoms with E-state index in [0.29, 0.717) is 24.7 Å². The first-order valence-corrected chi connectivity index (χ1v) is 9.70. The van der Waals surface area contributed by atoms with Crippen molar-refractivity contribution >= 4 is 18.5 Å². The molecule has 0 radical (unpaired) electrons. The van der Waals surface area contributed by atoms with Crippen LogP contribution in [0.2, 0.25) is 0 Å². The zero-order valence-corrected chi connectivity index (χ0v) is 17.2. The van der Waals surface area contributed by atoms with E-state index in [9.17, 15) is 9.18 Å². The second kappa shape index (κ2) is 7.19. The van der Waals surface area contributed by atoms with Crippen molar-refractivity contribution in [2.45, 2.75) is 58.8 Å². The summed E-state index contributed by atoms with van der Waals surface area (Å²) in [6, 6.07) is 4.93. The van der Waals surface area contributed by atoms with Crippen molar-refractivity contribution in [3.8, 4) is 0 Å². The summed E-state index contributed by atoms with van der Waals surface area (Å²) < 4.78 is 26.4. The van der Waals surface area contributed by atoms with Crippen LogP contribution < -0.4 is 5.46 Å². The van der Waals surface area contributed by atoms with Gasteiger partial charge in [0.25, 0.3) is 5.91 Å². The van der Waals surface area contributed by atoms with Gasteiger partial charge in [0.15, 0.2) is 0 Å². The molecule has 0 unspecified atom stereocenters. The van der Waals surface area contributed by atoms with Crippen LogP contribution in [-0.4, -0.2) is 66.2 Å². The molecule has 2 aliphatic rings. The van der Waals surface area contributed by atoms with Crippen molar-refractivity contribution in [3.05, 3.63) is 29.6 Å². The lowest BCUT2D eigenvalue weighted by molar-refractivity contribution is 0.00578. The minimum atomic E-state index is -0.819. The Balaban J connectivity index is 1.77. The second-order valence-corrected chi connectivity index (χ2v) is 8.75. The maximum Gasteiger partial charge on any atom is 0.497 e. The first-order chi connectivity index (χ1) is 12.5. The Labute approximate surface area is 161 Å². The molecular formula is C20H30BFN2O3. The topological polar surface area (TPSA) is 42.0 Å². The molecule has 2 aliphatic heterocycles. The van der Waals surface area contributed by atoms with E-state index in [1.54, 1.807) is 12.1 Å². The number of piperazine rings is 1. The third kappa shape index (κ3) is 3.91. The van der Waals surface area contributed by atoms with Gasteiger partial charge in [-0.2, -0.15) is 0 Å². The van der Waals surface area contributed by atoms with Gasteiger partial charge in [-0.1, -0.05) is 0 Å². The Kier molecular flexibility index (Phi) is 5.40. The van der Waals surface area contributed by atoms with Crippen LogP contribution in [0.5, 0.6) is 0 Å². The Hall–Kier alpha value is -1.44. The first kappa shape index (κ1) is 20.3. The average molecular weight is 376 g/mol. The molecule has 0 saturated carbocycles. The molecule has 27 heavy (non-hydrogen) atoms. The second-order valence-electron chi connectivity index (χ2n) is 8.75. The number of amides is 1. The zero-order chi connectivity index (χ0) is 20.0. The number of hydrogen-bond donors (Lipinski definition) is 0. The molecule has 0 spiro atoms. The Morgan fingerprint density at radius 3 is 2.15 bits per heavy atom. The van der Waals surface area contributed by atoms with E-state index >= 15 is 0 Å². The lowest BCUT2D eigenvalue weighted by atomic mass is 9.78. The summed E-state index contributed by atoms with van der Waals surface area (Å²) in [6.45, 7) is 15.1. The minimum absolute atomic E-state index is 0.0730. The fourth-order valence-electron chi connectivity index (χ4n) is 3.45. The molecule has 7 heteroatoms. The van der Waals surface area contributed by atoms with Crippen LogP contribution >= 0.6 is 0 Å². The smallest absolute Gasteiger partial charge is 0.399 e. The normalized spacial score (nSPS) is 22.5. The Morgan fingerprint density at radius 2 is 1.63 bits per heavy atom. The van der Waals surface area contributed by atoms with Crippen LogP contribution in [0.15, 0.2) is 18.2 Å². The molecule has 1 amide bonds. The summed E-state index contributed by atoms with van der Waals surface area (Å²) in [5, 5.41) is 0. The summed E-state index contributed by atoms with van der Waals surface area (Å²) in [6.07, 6.45) is 0. The molecule has 148 valence electrons. The molecule has 0 atom stereocenters. The van der Waals surface area contributed by atoms with Gasteiger partial charge < -0.3 is 14.2 Å². The monoisotopic (exact) mass is 376 g/mol.